The van der Waals surface area contributed by atoms with E-state index in [0.29, 0.717) is 35.8 Å². The standard InChI is InChI=1S/C17H16O3/c1-12-4-2-5-13(10-12)17(18)14-6-7-15-16(11-14)20-9-3-8-19-15/h2,4-7,10-11H,3,8-9H2,1H3. The first-order valence-electron chi connectivity index (χ1n) is 6.75. The van der Waals surface area contributed by atoms with E-state index in [1.807, 2.05) is 37.3 Å². The van der Waals surface area contributed by atoms with Gasteiger partial charge < -0.3 is 9.47 Å². The summed E-state index contributed by atoms with van der Waals surface area (Å²) in [5.41, 5.74) is 2.39. The summed E-state index contributed by atoms with van der Waals surface area (Å²) in [6.07, 6.45) is 0.857. The molecule has 0 N–H and O–H groups in total. The van der Waals surface area contributed by atoms with Gasteiger partial charge in [-0.2, -0.15) is 0 Å². The van der Waals surface area contributed by atoms with Crippen LogP contribution in [0.5, 0.6) is 11.5 Å². The number of ketones is 1. The molecule has 0 saturated carbocycles. The molecule has 2 aromatic carbocycles. The van der Waals surface area contributed by atoms with Crippen molar-refractivity contribution in [2.45, 2.75) is 13.3 Å². The van der Waals surface area contributed by atoms with Crippen LogP contribution >= 0.6 is 0 Å². The molecule has 1 aliphatic rings. The SMILES string of the molecule is Cc1cccc(C(=O)c2ccc3c(c2)OCCCO3)c1. The summed E-state index contributed by atoms with van der Waals surface area (Å²) in [6, 6.07) is 13.0. The van der Waals surface area contributed by atoms with Crippen LogP contribution in [0.4, 0.5) is 0 Å². The highest BCUT2D eigenvalue weighted by molar-refractivity contribution is 6.09. The number of ether oxygens (including phenoxy) is 2. The summed E-state index contributed by atoms with van der Waals surface area (Å²) >= 11 is 0. The largest absolute Gasteiger partial charge is 0.490 e. The predicted molar refractivity (Wildman–Crippen MR) is 76.7 cm³/mol. The predicted octanol–water partition coefficient (Wildman–Crippen LogP) is 3.39. The quantitative estimate of drug-likeness (QED) is 0.783. The first-order valence-corrected chi connectivity index (χ1v) is 6.75. The number of fused-ring (bicyclic) bond motifs is 1. The number of aryl methyl sites for hydroxylation is 1. The van der Waals surface area contributed by atoms with Crippen LogP contribution in [0.1, 0.15) is 27.9 Å². The summed E-state index contributed by atoms with van der Waals surface area (Å²) in [5, 5.41) is 0. The molecule has 3 rings (SSSR count). The van der Waals surface area contributed by atoms with Gasteiger partial charge in [0.05, 0.1) is 13.2 Å². The number of hydrogen-bond donors (Lipinski definition) is 0. The molecule has 0 saturated heterocycles. The molecule has 20 heavy (non-hydrogen) atoms. The Morgan fingerprint density at radius 1 is 0.950 bits per heavy atom. The van der Waals surface area contributed by atoms with Gasteiger partial charge in [-0.25, -0.2) is 0 Å². The van der Waals surface area contributed by atoms with Crippen LogP contribution in [-0.2, 0) is 0 Å². The Morgan fingerprint density at radius 3 is 2.50 bits per heavy atom. The lowest BCUT2D eigenvalue weighted by molar-refractivity contribution is 0.103. The topological polar surface area (TPSA) is 35.5 Å². The smallest absolute Gasteiger partial charge is 0.193 e. The summed E-state index contributed by atoms with van der Waals surface area (Å²) in [5.74, 6) is 1.37. The van der Waals surface area contributed by atoms with Crippen LogP contribution in [-0.4, -0.2) is 19.0 Å². The van der Waals surface area contributed by atoms with Crippen LogP contribution in [0.2, 0.25) is 0 Å². The van der Waals surface area contributed by atoms with E-state index in [0.717, 1.165) is 12.0 Å². The zero-order valence-electron chi connectivity index (χ0n) is 11.4. The molecule has 0 aliphatic carbocycles. The molecule has 0 bridgehead atoms. The van der Waals surface area contributed by atoms with Gasteiger partial charge in [0.25, 0.3) is 0 Å². The van der Waals surface area contributed by atoms with Crippen molar-refractivity contribution in [1.82, 2.24) is 0 Å². The highest BCUT2D eigenvalue weighted by Gasteiger charge is 2.15. The van der Waals surface area contributed by atoms with Gasteiger partial charge >= 0.3 is 0 Å². The Labute approximate surface area is 118 Å². The van der Waals surface area contributed by atoms with Gasteiger partial charge in [0.15, 0.2) is 17.3 Å². The van der Waals surface area contributed by atoms with Crippen molar-refractivity contribution in [2.24, 2.45) is 0 Å². The molecule has 2 aromatic rings. The minimum absolute atomic E-state index is 0.00402. The lowest BCUT2D eigenvalue weighted by Gasteiger charge is -2.09. The fraction of sp³-hybridized carbons (Fsp3) is 0.235. The van der Waals surface area contributed by atoms with Crippen molar-refractivity contribution in [3.63, 3.8) is 0 Å². The molecule has 0 aromatic heterocycles. The Kier molecular flexibility index (Phi) is 3.42. The van der Waals surface area contributed by atoms with Gasteiger partial charge in [-0.15, -0.1) is 0 Å². The zero-order valence-corrected chi connectivity index (χ0v) is 11.4. The minimum Gasteiger partial charge on any atom is -0.490 e. The van der Waals surface area contributed by atoms with E-state index in [9.17, 15) is 4.79 Å². The van der Waals surface area contributed by atoms with Crippen LogP contribution in [0.25, 0.3) is 0 Å². The number of carbonyl (C=O) groups is 1. The van der Waals surface area contributed by atoms with Crippen molar-refractivity contribution in [1.29, 1.82) is 0 Å². The van der Waals surface area contributed by atoms with Crippen LogP contribution in [0.3, 0.4) is 0 Å². The first kappa shape index (κ1) is 12.7. The van der Waals surface area contributed by atoms with Crippen molar-refractivity contribution in [3.05, 3.63) is 59.2 Å². The zero-order chi connectivity index (χ0) is 13.9. The lowest BCUT2D eigenvalue weighted by Crippen LogP contribution is -2.02. The highest BCUT2D eigenvalue weighted by atomic mass is 16.5. The number of hydrogen-bond acceptors (Lipinski definition) is 3. The molecule has 1 aliphatic heterocycles. The maximum absolute atomic E-state index is 12.5. The molecule has 3 nitrogen and oxygen atoms in total. The van der Waals surface area contributed by atoms with Crippen molar-refractivity contribution in [3.8, 4) is 11.5 Å². The molecule has 0 radical (unpaired) electrons. The Hall–Kier alpha value is -2.29. The van der Waals surface area contributed by atoms with Gasteiger partial charge in [0, 0.05) is 17.5 Å². The van der Waals surface area contributed by atoms with Crippen LogP contribution in [0.15, 0.2) is 42.5 Å². The average molecular weight is 268 g/mol. The fourth-order valence-electron chi connectivity index (χ4n) is 2.26. The number of rotatable bonds is 2. The maximum Gasteiger partial charge on any atom is 0.193 e. The van der Waals surface area contributed by atoms with Crippen molar-refractivity contribution < 1.29 is 14.3 Å². The third-order valence-corrected chi connectivity index (χ3v) is 3.29. The van der Waals surface area contributed by atoms with E-state index in [1.165, 1.54) is 0 Å². The second kappa shape index (κ2) is 5.37. The van der Waals surface area contributed by atoms with E-state index in [1.54, 1.807) is 12.1 Å². The Morgan fingerprint density at radius 2 is 1.70 bits per heavy atom. The fourth-order valence-corrected chi connectivity index (χ4v) is 2.26. The van der Waals surface area contributed by atoms with E-state index >= 15 is 0 Å². The highest BCUT2D eigenvalue weighted by Crippen LogP contribution is 2.31. The van der Waals surface area contributed by atoms with Gasteiger partial charge in [-0.3, -0.25) is 4.79 Å². The third-order valence-electron chi connectivity index (χ3n) is 3.29. The lowest BCUT2D eigenvalue weighted by atomic mass is 10.0. The van der Waals surface area contributed by atoms with E-state index in [2.05, 4.69) is 0 Å². The molecule has 0 unspecified atom stereocenters. The molecule has 0 atom stereocenters. The Balaban J connectivity index is 1.94. The second-order valence-electron chi connectivity index (χ2n) is 4.91. The van der Waals surface area contributed by atoms with Gasteiger partial charge in [0.1, 0.15) is 0 Å². The van der Waals surface area contributed by atoms with Crippen LogP contribution < -0.4 is 9.47 Å². The average Bonchev–Trinajstić information content (AvgIpc) is 2.71. The van der Waals surface area contributed by atoms with Gasteiger partial charge in [0.2, 0.25) is 0 Å². The Bertz CT molecular complexity index is 646. The van der Waals surface area contributed by atoms with Crippen LogP contribution in [0, 0.1) is 6.92 Å². The molecule has 1 heterocycles. The van der Waals surface area contributed by atoms with E-state index in [4.69, 9.17) is 9.47 Å². The van der Waals surface area contributed by atoms with Crippen molar-refractivity contribution >= 4 is 5.78 Å². The summed E-state index contributed by atoms with van der Waals surface area (Å²) in [4.78, 5) is 12.5. The molecule has 0 spiro atoms. The molecule has 102 valence electrons. The summed E-state index contributed by atoms with van der Waals surface area (Å²) < 4.78 is 11.2. The maximum atomic E-state index is 12.5. The second-order valence-corrected chi connectivity index (χ2v) is 4.91. The number of carbonyl (C=O) groups excluding carboxylic acids is 1. The summed E-state index contributed by atoms with van der Waals surface area (Å²) in [6.45, 7) is 3.25. The van der Waals surface area contributed by atoms with Crippen molar-refractivity contribution in [2.75, 3.05) is 13.2 Å². The first-order chi connectivity index (χ1) is 9.74. The molecule has 3 heteroatoms. The summed E-state index contributed by atoms with van der Waals surface area (Å²) in [7, 11) is 0. The van der Waals surface area contributed by atoms with Gasteiger partial charge in [-0.05, 0) is 31.2 Å². The third kappa shape index (κ3) is 2.52. The normalized spacial score (nSPS) is 13.7. The molecular formula is C17H16O3. The minimum atomic E-state index is 0.00402. The monoisotopic (exact) mass is 268 g/mol. The molecule has 0 amide bonds. The van der Waals surface area contributed by atoms with Gasteiger partial charge in [-0.1, -0.05) is 23.8 Å². The van der Waals surface area contributed by atoms with E-state index < -0.39 is 0 Å². The van der Waals surface area contributed by atoms with E-state index in [-0.39, 0.29) is 5.78 Å². The molecule has 0 fully saturated rings. The molecular weight excluding hydrogens is 252 g/mol. The number of benzene rings is 2.